The van der Waals surface area contributed by atoms with Gasteiger partial charge in [0, 0.05) is 5.56 Å². The normalized spacial score (nSPS) is 10.6. The summed E-state index contributed by atoms with van der Waals surface area (Å²) >= 11 is 0. The van der Waals surface area contributed by atoms with Crippen LogP contribution in [-0.4, -0.2) is 25.6 Å². The van der Waals surface area contributed by atoms with Gasteiger partial charge in [0.25, 0.3) is 0 Å². The van der Waals surface area contributed by atoms with Gasteiger partial charge < -0.3 is 4.48 Å². The van der Waals surface area contributed by atoms with E-state index in [-0.39, 0.29) is 13.5 Å². The quantitative estimate of drug-likeness (QED) is 0.617. The summed E-state index contributed by atoms with van der Waals surface area (Å²) in [5, 5.41) is 0. The third kappa shape index (κ3) is 4.42. The molecule has 0 atom stereocenters. The van der Waals surface area contributed by atoms with E-state index < -0.39 is 0 Å². The minimum absolute atomic E-state index is 0. The SMILES string of the molecule is C[N+](C)(C)Cc1ccccc1.S. The van der Waals surface area contributed by atoms with Crippen LogP contribution in [0.2, 0.25) is 0 Å². The van der Waals surface area contributed by atoms with Crippen molar-refractivity contribution in [3.05, 3.63) is 35.9 Å². The van der Waals surface area contributed by atoms with Gasteiger partial charge in [0.15, 0.2) is 0 Å². The molecule has 0 bridgehead atoms. The fraction of sp³-hybridized carbons (Fsp3) is 0.400. The Bertz CT molecular complexity index is 213. The molecule has 0 unspecified atom stereocenters. The van der Waals surface area contributed by atoms with Crippen LogP contribution in [0.3, 0.4) is 0 Å². The molecular formula is C10H18NS+. The minimum atomic E-state index is 0. The van der Waals surface area contributed by atoms with Crippen LogP contribution in [0.25, 0.3) is 0 Å². The summed E-state index contributed by atoms with van der Waals surface area (Å²) in [4.78, 5) is 0. The second-order valence-corrected chi connectivity index (χ2v) is 3.93. The summed E-state index contributed by atoms with van der Waals surface area (Å²) < 4.78 is 0.990. The number of hydrogen-bond donors (Lipinski definition) is 0. The van der Waals surface area contributed by atoms with Gasteiger partial charge in [-0.3, -0.25) is 0 Å². The molecule has 0 heterocycles. The summed E-state index contributed by atoms with van der Waals surface area (Å²) in [6.07, 6.45) is 0. The van der Waals surface area contributed by atoms with Crippen molar-refractivity contribution in [2.75, 3.05) is 21.1 Å². The van der Waals surface area contributed by atoms with Gasteiger partial charge in [0.1, 0.15) is 6.54 Å². The van der Waals surface area contributed by atoms with Gasteiger partial charge in [-0.05, 0) is 0 Å². The molecule has 0 aliphatic carbocycles. The molecular weight excluding hydrogens is 166 g/mol. The fourth-order valence-electron chi connectivity index (χ4n) is 1.13. The number of quaternary nitrogens is 1. The zero-order chi connectivity index (χ0) is 8.32. The van der Waals surface area contributed by atoms with Crippen LogP contribution < -0.4 is 0 Å². The molecule has 0 spiro atoms. The number of hydrogen-bond acceptors (Lipinski definition) is 0. The first-order valence-electron chi connectivity index (χ1n) is 3.92. The van der Waals surface area contributed by atoms with Gasteiger partial charge >= 0.3 is 0 Å². The minimum Gasteiger partial charge on any atom is -0.327 e. The van der Waals surface area contributed by atoms with Gasteiger partial charge in [-0.1, -0.05) is 30.3 Å². The van der Waals surface area contributed by atoms with Crippen LogP contribution in [0.5, 0.6) is 0 Å². The van der Waals surface area contributed by atoms with E-state index in [9.17, 15) is 0 Å². The molecule has 1 rings (SSSR count). The molecule has 1 aromatic rings. The number of benzene rings is 1. The first kappa shape index (κ1) is 11.5. The van der Waals surface area contributed by atoms with E-state index in [0.29, 0.717) is 0 Å². The van der Waals surface area contributed by atoms with Crippen LogP contribution in [0.15, 0.2) is 30.3 Å². The average Bonchev–Trinajstić information content (AvgIpc) is 1.85. The Morgan fingerprint density at radius 1 is 1.00 bits per heavy atom. The Morgan fingerprint density at radius 2 is 1.50 bits per heavy atom. The highest BCUT2D eigenvalue weighted by atomic mass is 32.1. The maximum Gasteiger partial charge on any atom is 0.104 e. The fourth-order valence-corrected chi connectivity index (χ4v) is 1.13. The molecule has 68 valence electrons. The van der Waals surface area contributed by atoms with Crippen molar-refractivity contribution in [3.63, 3.8) is 0 Å². The first-order chi connectivity index (χ1) is 5.08. The molecule has 0 aromatic heterocycles. The molecule has 0 amide bonds. The highest BCUT2D eigenvalue weighted by Crippen LogP contribution is 2.04. The molecule has 0 radical (unpaired) electrons. The summed E-state index contributed by atoms with van der Waals surface area (Å²) in [7, 11) is 6.60. The molecule has 2 heteroatoms. The van der Waals surface area contributed by atoms with Crippen LogP contribution in [-0.2, 0) is 6.54 Å². The third-order valence-corrected chi connectivity index (χ3v) is 1.50. The Kier molecular flexibility index (Phi) is 4.35. The third-order valence-electron chi connectivity index (χ3n) is 1.50. The lowest BCUT2D eigenvalue weighted by Gasteiger charge is -2.23. The zero-order valence-corrected chi connectivity index (χ0v) is 9.04. The Labute approximate surface area is 82.1 Å². The Morgan fingerprint density at radius 3 is 1.92 bits per heavy atom. The zero-order valence-electron chi connectivity index (χ0n) is 8.04. The topological polar surface area (TPSA) is 0 Å². The molecule has 0 aliphatic heterocycles. The van der Waals surface area contributed by atoms with Crippen LogP contribution in [0.1, 0.15) is 5.56 Å². The molecule has 1 aromatic carbocycles. The largest absolute Gasteiger partial charge is 0.327 e. The van der Waals surface area contributed by atoms with Crippen molar-refractivity contribution >= 4 is 13.5 Å². The molecule has 0 N–H and O–H groups in total. The molecule has 12 heavy (non-hydrogen) atoms. The molecule has 0 saturated carbocycles. The predicted molar refractivity (Wildman–Crippen MR) is 58.6 cm³/mol. The van der Waals surface area contributed by atoms with E-state index in [2.05, 4.69) is 51.5 Å². The van der Waals surface area contributed by atoms with Crippen molar-refractivity contribution in [2.45, 2.75) is 6.54 Å². The highest BCUT2D eigenvalue weighted by molar-refractivity contribution is 7.59. The first-order valence-corrected chi connectivity index (χ1v) is 3.92. The monoisotopic (exact) mass is 184 g/mol. The van der Waals surface area contributed by atoms with Crippen LogP contribution >= 0.6 is 13.5 Å². The highest BCUT2D eigenvalue weighted by Gasteiger charge is 2.06. The lowest BCUT2D eigenvalue weighted by molar-refractivity contribution is -0.884. The summed E-state index contributed by atoms with van der Waals surface area (Å²) in [6, 6.07) is 10.6. The molecule has 1 nitrogen and oxygen atoms in total. The van der Waals surface area contributed by atoms with E-state index in [1.54, 1.807) is 0 Å². The standard InChI is InChI=1S/C10H16N.H2S/c1-11(2,3)9-10-7-5-4-6-8-10;/h4-8H,9H2,1-3H3;1H2/q+1;. The predicted octanol–water partition coefficient (Wildman–Crippen LogP) is 2.01. The number of rotatable bonds is 2. The van der Waals surface area contributed by atoms with Crippen LogP contribution in [0.4, 0.5) is 0 Å². The summed E-state index contributed by atoms with van der Waals surface area (Å²) in [5.41, 5.74) is 1.40. The van der Waals surface area contributed by atoms with Crippen molar-refractivity contribution < 1.29 is 4.48 Å². The van der Waals surface area contributed by atoms with E-state index in [1.165, 1.54) is 5.56 Å². The van der Waals surface area contributed by atoms with Gasteiger partial charge in [-0.25, -0.2) is 0 Å². The molecule has 0 fully saturated rings. The second kappa shape index (κ2) is 4.53. The van der Waals surface area contributed by atoms with Crippen molar-refractivity contribution in [2.24, 2.45) is 0 Å². The van der Waals surface area contributed by atoms with Gasteiger partial charge in [-0.2, -0.15) is 13.5 Å². The van der Waals surface area contributed by atoms with E-state index in [0.717, 1.165) is 11.0 Å². The van der Waals surface area contributed by atoms with Crippen LogP contribution in [0, 0.1) is 0 Å². The van der Waals surface area contributed by atoms with Crippen molar-refractivity contribution in [1.82, 2.24) is 0 Å². The van der Waals surface area contributed by atoms with Gasteiger partial charge in [0.05, 0.1) is 21.1 Å². The molecule has 0 aliphatic rings. The Balaban J connectivity index is 0.00000121. The summed E-state index contributed by atoms with van der Waals surface area (Å²) in [5.74, 6) is 0. The average molecular weight is 184 g/mol. The maximum atomic E-state index is 2.20. The van der Waals surface area contributed by atoms with E-state index >= 15 is 0 Å². The Hall–Kier alpha value is -0.470. The smallest absolute Gasteiger partial charge is 0.104 e. The lowest BCUT2D eigenvalue weighted by atomic mass is 10.2. The molecule has 0 saturated heterocycles. The van der Waals surface area contributed by atoms with Crippen molar-refractivity contribution in [3.8, 4) is 0 Å². The van der Waals surface area contributed by atoms with E-state index in [4.69, 9.17) is 0 Å². The van der Waals surface area contributed by atoms with E-state index in [1.807, 2.05) is 0 Å². The van der Waals surface area contributed by atoms with Gasteiger partial charge in [0.2, 0.25) is 0 Å². The van der Waals surface area contributed by atoms with Gasteiger partial charge in [-0.15, -0.1) is 0 Å². The lowest BCUT2D eigenvalue weighted by Crippen LogP contribution is -2.33. The summed E-state index contributed by atoms with van der Waals surface area (Å²) in [6.45, 7) is 1.10. The van der Waals surface area contributed by atoms with Crippen molar-refractivity contribution in [1.29, 1.82) is 0 Å². The second-order valence-electron chi connectivity index (χ2n) is 3.93. The number of nitrogens with zero attached hydrogens (tertiary/aromatic N) is 1. The maximum absolute atomic E-state index is 2.20.